The number of esters is 1. The number of carboxylic acid groups (broad SMARTS) is 1. The maximum atomic E-state index is 12.7. The Balaban J connectivity index is 2.17. The van der Waals surface area contributed by atoms with E-state index in [0.29, 0.717) is 29.9 Å². The third-order valence-corrected chi connectivity index (χ3v) is 5.40. The first-order chi connectivity index (χ1) is 15.8. The molecule has 0 spiro atoms. The Morgan fingerprint density at radius 3 is 2.48 bits per heavy atom. The molecule has 0 radical (unpaired) electrons. The Morgan fingerprint density at radius 2 is 1.85 bits per heavy atom. The van der Waals surface area contributed by atoms with Gasteiger partial charge in [-0.2, -0.15) is 0 Å². The monoisotopic (exact) mass is 456 g/mol. The van der Waals surface area contributed by atoms with Crippen LogP contribution < -0.4 is 9.47 Å². The number of rotatable bonds is 10. The van der Waals surface area contributed by atoms with Crippen LogP contribution in [0, 0.1) is 0 Å². The molecule has 0 amide bonds. The Bertz CT molecular complexity index is 1100. The van der Waals surface area contributed by atoms with Gasteiger partial charge in [-0.1, -0.05) is 33.1 Å². The number of carboxylic acids is 1. The number of unbranched alkanes of at least 4 members (excludes halogenated alkanes) is 3. The number of carbonyl (C=O) groups is 2. The van der Waals surface area contributed by atoms with Crippen LogP contribution in [0.1, 0.15) is 77.8 Å². The van der Waals surface area contributed by atoms with Crippen LogP contribution in [0.3, 0.4) is 0 Å². The lowest BCUT2D eigenvalue weighted by molar-refractivity contribution is 0.0686. The van der Waals surface area contributed by atoms with E-state index >= 15 is 0 Å². The summed E-state index contributed by atoms with van der Waals surface area (Å²) >= 11 is 0. The molecule has 8 nitrogen and oxygen atoms in total. The zero-order valence-corrected chi connectivity index (χ0v) is 18.9. The SMILES string of the molecule is CCC/C=C1\OC(=O)c2c(Oc3c(O)cc(O)c(C(=O)O)c3CCCCC)cc(OC)cc21. The van der Waals surface area contributed by atoms with Crippen LogP contribution in [-0.4, -0.2) is 34.4 Å². The van der Waals surface area contributed by atoms with Gasteiger partial charge in [-0.05, 0) is 31.4 Å². The van der Waals surface area contributed by atoms with Crippen molar-refractivity contribution < 1.29 is 39.1 Å². The first kappa shape index (κ1) is 24.0. The lowest BCUT2D eigenvalue weighted by Crippen LogP contribution is -2.07. The minimum Gasteiger partial charge on any atom is -0.507 e. The van der Waals surface area contributed by atoms with Gasteiger partial charge >= 0.3 is 11.9 Å². The largest absolute Gasteiger partial charge is 0.507 e. The van der Waals surface area contributed by atoms with Crippen molar-refractivity contribution in [2.24, 2.45) is 0 Å². The van der Waals surface area contributed by atoms with Gasteiger partial charge in [0.05, 0.1) is 7.11 Å². The Labute approximate surface area is 192 Å². The van der Waals surface area contributed by atoms with Gasteiger partial charge in [-0.15, -0.1) is 0 Å². The Hall–Kier alpha value is -3.68. The lowest BCUT2D eigenvalue weighted by Gasteiger charge is -2.18. The van der Waals surface area contributed by atoms with E-state index < -0.39 is 23.4 Å². The number of ether oxygens (including phenoxy) is 3. The van der Waals surface area contributed by atoms with Crippen LogP contribution in [-0.2, 0) is 11.2 Å². The fourth-order valence-electron chi connectivity index (χ4n) is 3.77. The van der Waals surface area contributed by atoms with Gasteiger partial charge in [-0.25, -0.2) is 9.59 Å². The number of phenols is 2. The molecular formula is C25H28O8. The number of benzene rings is 2. The van der Waals surface area contributed by atoms with Crippen molar-refractivity contribution in [1.29, 1.82) is 0 Å². The normalized spacial score (nSPS) is 13.7. The summed E-state index contributed by atoms with van der Waals surface area (Å²) in [7, 11) is 1.47. The molecule has 0 atom stereocenters. The van der Waals surface area contributed by atoms with Crippen molar-refractivity contribution in [3.05, 3.63) is 46.5 Å². The molecule has 0 aliphatic carbocycles. The van der Waals surface area contributed by atoms with Gasteiger partial charge < -0.3 is 29.5 Å². The summed E-state index contributed by atoms with van der Waals surface area (Å²) in [4.78, 5) is 24.6. The van der Waals surface area contributed by atoms with Gasteiger partial charge in [0, 0.05) is 23.3 Å². The van der Waals surface area contributed by atoms with E-state index in [2.05, 4.69) is 0 Å². The van der Waals surface area contributed by atoms with Crippen LogP contribution in [0.4, 0.5) is 0 Å². The smallest absolute Gasteiger partial charge is 0.348 e. The van der Waals surface area contributed by atoms with E-state index in [1.165, 1.54) is 13.2 Å². The summed E-state index contributed by atoms with van der Waals surface area (Å²) in [5.74, 6) is -2.23. The lowest BCUT2D eigenvalue weighted by atomic mass is 9.98. The highest BCUT2D eigenvalue weighted by Gasteiger charge is 2.33. The topological polar surface area (TPSA) is 123 Å². The number of carbonyl (C=O) groups excluding carboxylic acids is 1. The van der Waals surface area contributed by atoms with Crippen molar-refractivity contribution in [2.45, 2.75) is 52.4 Å². The van der Waals surface area contributed by atoms with Crippen LogP contribution in [0.15, 0.2) is 24.3 Å². The van der Waals surface area contributed by atoms with Gasteiger partial charge in [0.15, 0.2) is 11.5 Å². The summed E-state index contributed by atoms with van der Waals surface area (Å²) in [5, 5.41) is 30.4. The zero-order valence-electron chi connectivity index (χ0n) is 18.9. The highest BCUT2D eigenvalue weighted by Crippen LogP contribution is 2.46. The summed E-state index contributed by atoms with van der Waals surface area (Å²) < 4.78 is 16.8. The number of fused-ring (bicyclic) bond motifs is 1. The summed E-state index contributed by atoms with van der Waals surface area (Å²) in [6, 6.07) is 4.06. The second-order valence-corrected chi connectivity index (χ2v) is 7.76. The first-order valence-electron chi connectivity index (χ1n) is 11.0. The minimum atomic E-state index is -1.34. The second kappa shape index (κ2) is 10.3. The van der Waals surface area contributed by atoms with E-state index in [4.69, 9.17) is 14.2 Å². The number of phenolic OH excluding ortho intramolecular Hbond substituents is 1. The summed E-state index contributed by atoms with van der Waals surface area (Å²) in [6.45, 7) is 4.01. The average molecular weight is 456 g/mol. The molecule has 2 aromatic rings. The molecular weight excluding hydrogens is 428 g/mol. The van der Waals surface area contributed by atoms with Gasteiger partial charge in [0.2, 0.25) is 0 Å². The number of aromatic carboxylic acids is 1. The molecule has 0 saturated carbocycles. The van der Waals surface area contributed by atoms with Crippen LogP contribution in [0.2, 0.25) is 0 Å². The number of methoxy groups -OCH3 is 1. The average Bonchev–Trinajstić information content (AvgIpc) is 3.09. The molecule has 0 aromatic heterocycles. The highest BCUT2D eigenvalue weighted by molar-refractivity contribution is 6.05. The van der Waals surface area contributed by atoms with Crippen molar-refractivity contribution in [2.75, 3.05) is 7.11 Å². The third kappa shape index (κ3) is 4.89. The van der Waals surface area contributed by atoms with E-state index in [1.54, 1.807) is 6.07 Å². The summed E-state index contributed by atoms with van der Waals surface area (Å²) in [6.07, 6.45) is 5.97. The maximum absolute atomic E-state index is 12.7. The van der Waals surface area contributed by atoms with Gasteiger partial charge in [0.1, 0.15) is 34.1 Å². The zero-order chi connectivity index (χ0) is 24.1. The van der Waals surface area contributed by atoms with E-state index in [0.717, 1.165) is 25.3 Å². The molecule has 1 heterocycles. The molecule has 2 aromatic carbocycles. The van der Waals surface area contributed by atoms with Crippen molar-refractivity contribution in [3.63, 3.8) is 0 Å². The quantitative estimate of drug-likeness (QED) is 0.310. The number of hydrogen-bond donors (Lipinski definition) is 3. The number of aromatic hydroxyl groups is 2. The molecule has 0 unspecified atom stereocenters. The van der Waals surface area contributed by atoms with E-state index in [9.17, 15) is 24.9 Å². The van der Waals surface area contributed by atoms with Crippen LogP contribution in [0.25, 0.3) is 5.76 Å². The second-order valence-electron chi connectivity index (χ2n) is 7.76. The Kier molecular flexibility index (Phi) is 7.48. The number of hydrogen-bond acceptors (Lipinski definition) is 7. The van der Waals surface area contributed by atoms with Crippen molar-refractivity contribution in [1.82, 2.24) is 0 Å². The fourth-order valence-corrected chi connectivity index (χ4v) is 3.77. The van der Waals surface area contributed by atoms with E-state index in [1.807, 2.05) is 19.9 Å². The molecule has 8 heteroatoms. The summed E-state index contributed by atoms with van der Waals surface area (Å²) in [5.41, 5.74) is 0.455. The first-order valence-corrected chi connectivity index (χ1v) is 11.0. The number of allylic oxidation sites excluding steroid dienone is 1. The van der Waals surface area contributed by atoms with Crippen molar-refractivity contribution >= 4 is 17.7 Å². The molecule has 3 rings (SSSR count). The molecule has 1 aliphatic rings. The molecule has 1 aliphatic heterocycles. The highest BCUT2D eigenvalue weighted by atomic mass is 16.5. The van der Waals surface area contributed by atoms with Crippen LogP contribution in [0.5, 0.6) is 28.7 Å². The molecule has 33 heavy (non-hydrogen) atoms. The predicted octanol–water partition coefficient (Wildman–Crippen LogP) is 5.64. The number of cyclic esters (lactones) is 1. The molecule has 176 valence electrons. The van der Waals surface area contributed by atoms with E-state index in [-0.39, 0.29) is 34.6 Å². The standard InChI is InChI=1S/C25H28O8/c1-4-6-8-9-15-21(24(28)29)17(26)13-18(27)23(15)32-20-12-14(31-3)11-16-19(10-7-5-2)33-25(30)22(16)20/h10-13,26-27H,4-9H2,1-3H3,(H,28,29)/b19-10-. The maximum Gasteiger partial charge on any atom is 0.348 e. The van der Waals surface area contributed by atoms with Gasteiger partial charge in [0.25, 0.3) is 0 Å². The van der Waals surface area contributed by atoms with Crippen LogP contribution >= 0.6 is 0 Å². The minimum absolute atomic E-state index is 0.0586. The fraction of sp³-hybridized carbons (Fsp3) is 0.360. The molecule has 0 bridgehead atoms. The van der Waals surface area contributed by atoms with Crippen molar-refractivity contribution in [3.8, 4) is 28.7 Å². The molecule has 0 saturated heterocycles. The Morgan fingerprint density at radius 1 is 1.09 bits per heavy atom. The van der Waals surface area contributed by atoms with Gasteiger partial charge in [-0.3, -0.25) is 0 Å². The molecule has 0 fully saturated rings. The predicted molar refractivity (Wildman–Crippen MR) is 121 cm³/mol. The molecule has 3 N–H and O–H groups in total. The third-order valence-electron chi connectivity index (χ3n) is 5.40.